The van der Waals surface area contributed by atoms with Crippen molar-refractivity contribution in [3.05, 3.63) is 27.8 Å². The molecule has 2 heterocycles. The Morgan fingerprint density at radius 2 is 2.05 bits per heavy atom. The minimum atomic E-state index is -0.977. The molecule has 0 spiro atoms. The molecule has 7 heteroatoms. The Labute approximate surface area is 126 Å². The summed E-state index contributed by atoms with van der Waals surface area (Å²) in [5.41, 5.74) is 1.70. The van der Waals surface area contributed by atoms with Gasteiger partial charge in [0, 0.05) is 6.54 Å². The molecule has 0 atom stereocenters. The standard InChI is InChI=1S/C13H20BrN5O/c1-5-9-12(14)10(19(6-2)16-9)7-18-8-11(15-17-18)13(3,4)20/h8,20H,5-7H2,1-4H3. The predicted octanol–water partition coefficient (Wildman–Crippen LogP) is 2.10. The maximum absolute atomic E-state index is 9.92. The quantitative estimate of drug-likeness (QED) is 0.904. The van der Waals surface area contributed by atoms with Crippen LogP contribution in [0.2, 0.25) is 0 Å². The number of nitrogens with zero attached hydrogens (tertiary/aromatic N) is 5. The molecule has 110 valence electrons. The third kappa shape index (κ3) is 2.93. The van der Waals surface area contributed by atoms with Gasteiger partial charge >= 0.3 is 0 Å². The number of aromatic nitrogens is 5. The average molecular weight is 342 g/mol. The maximum atomic E-state index is 9.92. The molecule has 0 fully saturated rings. The minimum Gasteiger partial charge on any atom is -0.384 e. The summed E-state index contributed by atoms with van der Waals surface area (Å²) in [7, 11) is 0. The largest absolute Gasteiger partial charge is 0.384 e. The van der Waals surface area contributed by atoms with Crippen LogP contribution in [0.25, 0.3) is 0 Å². The maximum Gasteiger partial charge on any atom is 0.114 e. The second kappa shape index (κ2) is 5.65. The van der Waals surface area contributed by atoms with E-state index in [1.807, 2.05) is 4.68 Å². The SMILES string of the molecule is CCc1nn(CC)c(Cn2cc(C(C)(C)O)nn2)c1Br. The van der Waals surface area contributed by atoms with Crippen LogP contribution in [0.4, 0.5) is 0 Å². The molecule has 0 unspecified atom stereocenters. The predicted molar refractivity (Wildman–Crippen MR) is 79.3 cm³/mol. The number of hydrogen-bond donors (Lipinski definition) is 1. The third-order valence-corrected chi connectivity index (χ3v) is 4.09. The van der Waals surface area contributed by atoms with Gasteiger partial charge in [0.2, 0.25) is 0 Å². The van der Waals surface area contributed by atoms with Gasteiger partial charge in [0.15, 0.2) is 0 Å². The zero-order chi connectivity index (χ0) is 14.9. The van der Waals surface area contributed by atoms with Gasteiger partial charge in [-0.1, -0.05) is 12.1 Å². The van der Waals surface area contributed by atoms with Crippen LogP contribution in [0.1, 0.15) is 44.8 Å². The average Bonchev–Trinajstić information content (AvgIpc) is 2.96. The minimum absolute atomic E-state index is 0.562. The normalized spacial score (nSPS) is 12.1. The van der Waals surface area contributed by atoms with Gasteiger partial charge in [-0.2, -0.15) is 5.10 Å². The van der Waals surface area contributed by atoms with Crippen LogP contribution < -0.4 is 0 Å². The van der Waals surface area contributed by atoms with E-state index in [0.717, 1.165) is 28.8 Å². The summed E-state index contributed by atoms with van der Waals surface area (Å²) in [4.78, 5) is 0. The fourth-order valence-corrected chi connectivity index (χ4v) is 2.67. The number of halogens is 1. The fourth-order valence-electron chi connectivity index (χ4n) is 1.98. The molecule has 2 aromatic heterocycles. The van der Waals surface area contributed by atoms with Crippen molar-refractivity contribution in [2.24, 2.45) is 0 Å². The summed E-state index contributed by atoms with van der Waals surface area (Å²) < 4.78 is 4.72. The highest BCUT2D eigenvalue weighted by molar-refractivity contribution is 9.10. The van der Waals surface area contributed by atoms with E-state index in [0.29, 0.717) is 12.2 Å². The smallest absolute Gasteiger partial charge is 0.114 e. The van der Waals surface area contributed by atoms with E-state index in [2.05, 4.69) is 45.2 Å². The summed E-state index contributed by atoms with van der Waals surface area (Å²) in [5, 5.41) is 22.6. The van der Waals surface area contributed by atoms with E-state index >= 15 is 0 Å². The Balaban J connectivity index is 2.30. The second-order valence-corrected chi connectivity index (χ2v) is 6.03. The summed E-state index contributed by atoms with van der Waals surface area (Å²) in [6.07, 6.45) is 2.65. The lowest BCUT2D eigenvalue weighted by Gasteiger charge is -2.11. The second-order valence-electron chi connectivity index (χ2n) is 5.24. The van der Waals surface area contributed by atoms with Gasteiger partial charge in [0.25, 0.3) is 0 Å². The first-order valence-corrected chi connectivity index (χ1v) is 7.53. The number of aliphatic hydroxyl groups is 1. The van der Waals surface area contributed by atoms with Crippen LogP contribution >= 0.6 is 15.9 Å². The molecule has 6 nitrogen and oxygen atoms in total. The Morgan fingerprint density at radius 1 is 1.35 bits per heavy atom. The molecule has 0 aromatic carbocycles. The molecule has 2 aromatic rings. The van der Waals surface area contributed by atoms with Crippen molar-refractivity contribution in [3.63, 3.8) is 0 Å². The zero-order valence-corrected chi connectivity index (χ0v) is 13.8. The lowest BCUT2D eigenvalue weighted by atomic mass is 10.1. The zero-order valence-electron chi connectivity index (χ0n) is 12.3. The molecule has 0 radical (unpaired) electrons. The highest BCUT2D eigenvalue weighted by Gasteiger charge is 2.21. The van der Waals surface area contributed by atoms with Crippen molar-refractivity contribution < 1.29 is 5.11 Å². The van der Waals surface area contributed by atoms with Gasteiger partial charge < -0.3 is 5.11 Å². The molecule has 0 amide bonds. The number of hydrogen-bond acceptors (Lipinski definition) is 4. The monoisotopic (exact) mass is 341 g/mol. The molecule has 2 rings (SSSR count). The van der Waals surface area contributed by atoms with Crippen LogP contribution in [0.5, 0.6) is 0 Å². The number of aryl methyl sites for hydroxylation is 2. The Hall–Kier alpha value is -1.21. The van der Waals surface area contributed by atoms with Crippen molar-refractivity contribution >= 4 is 15.9 Å². The van der Waals surface area contributed by atoms with Crippen LogP contribution in [0.15, 0.2) is 10.7 Å². The van der Waals surface area contributed by atoms with E-state index in [-0.39, 0.29) is 0 Å². The van der Waals surface area contributed by atoms with E-state index in [1.54, 1.807) is 24.7 Å². The van der Waals surface area contributed by atoms with Gasteiger partial charge in [0.1, 0.15) is 11.3 Å². The van der Waals surface area contributed by atoms with Crippen LogP contribution in [-0.2, 0) is 25.1 Å². The molecular formula is C13H20BrN5O. The van der Waals surface area contributed by atoms with Crippen molar-refractivity contribution in [3.8, 4) is 0 Å². The van der Waals surface area contributed by atoms with Crippen molar-refractivity contribution in [1.29, 1.82) is 0 Å². The van der Waals surface area contributed by atoms with Gasteiger partial charge in [-0.15, -0.1) is 5.10 Å². The Morgan fingerprint density at radius 3 is 2.55 bits per heavy atom. The Bertz CT molecular complexity index is 596. The van der Waals surface area contributed by atoms with Gasteiger partial charge in [0.05, 0.1) is 28.6 Å². The summed E-state index contributed by atoms with van der Waals surface area (Å²) in [5.74, 6) is 0. The molecule has 0 saturated heterocycles. The van der Waals surface area contributed by atoms with Gasteiger partial charge in [-0.05, 0) is 43.1 Å². The van der Waals surface area contributed by atoms with E-state index in [4.69, 9.17) is 0 Å². The van der Waals surface area contributed by atoms with E-state index in [1.165, 1.54) is 0 Å². The van der Waals surface area contributed by atoms with Gasteiger partial charge in [-0.25, -0.2) is 4.68 Å². The molecule has 0 saturated carbocycles. The first kappa shape index (κ1) is 15.2. The van der Waals surface area contributed by atoms with Gasteiger partial charge in [-0.3, -0.25) is 4.68 Å². The molecular weight excluding hydrogens is 322 g/mol. The summed E-state index contributed by atoms with van der Waals surface area (Å²) in [6, 6.07) is 0. The first-order chi connectivity index (χ1) is 9.36. The molecule has 0 aliphatic carbocycles. The molecule has 0 aliphatic rings. The molecule has 0 bridgehead atoms. The lowest BCUT2D eigenvalue weighted by Crippen LogP contribution is -2.16. The third-order valence-electron chi connectivity index (χ3n) is 3.17. The van der Waals surface area contributed by atoms with Crippen LogP contribution in [0, 0.1) is 0 Å². The van der Waals surface area contributed by atoms with Crippen molar-refractivity contribution in [2.45, 2.75) is 52.8 Å². The molecule has 20 heavy (non-hydrogen) atoms. The highest BCUT2D eigenvalue weighted by atomic mass is 79.9. The molecule has 1 N–H and O–H groups in total. The fraction of sp³-hybridized carbons (Fsp3) is 0.615. The highest BCUT2D eigenvalue weighted by Crippen LogP contribution is 2.23. The van der Waals surface area contributed by atoms with Crippen LogP contribution in [0.3, 0.4) is 0 Å². The lowest BCUT2D eigenvalue weighted by molar-refractivity contribution is 0.0737. The van der Waals surface area contributed by atoms with E-state index < -0.39 is 5.60 Å². The van der Waals surface area contributed by atoms with E-state index in [9.17, 15) is 5.11 Å². The summed E-state index contributed by atoms with van der Waals surface area (Å²) in [6.45, 7) is 8.92. The molecule has 0 aliphatic heterocycles. The topological polar surface area (TPSA) is 68.8 Å². The number of rotatable bonds is 5. The van der Waals surface area contributed by atoms with Crippen molar-refractivity contribution in [1.82, 2.24) is 24.8 Å². The Kier molecular flexibility index (Phi) is 4.29. The first-order valence-electron chi connectivity index (χ1n) is 6.73. The van der Waals surface area contributed by atoms with Crippen molar-refractivity contribution in [2.75, 3.05) is 0 Å². The van der Waals surface area contributed by atoms with Crippen LogP contribution in [-0.4, -0.2) is 29.9 Å². The summed E-state index contributed by atoms with van der Waals surface area (Å²) >= 11 is 3.61.